The van der Waals surface area contributed by atoms with E-state index in [9.17, 15) is 13.2 Å². The molecule has 0 aliphatic heterocycles. The lowest BCUT2D eigenvalue weighted by atomic mass is 9.92. The minimum absolute atomic E-state index is 0.0136. The number of nitrogens with one attached hydrogen (secondary N) is 1. The summed E-state index contributed by atoms with van der Waals surface area (Å²) in [7, 11) is -3.14. The first-order chi connectivity index (χ1) is 9.64. The Bertz CT molecular complexity index is 569. The van der Waals surface area contributed by atoms with Crippen molar-refractivity contribution in [2.24, 2.45) is 5.41 Å². The van der Waals surface area contributed by atoms with Crippen LogP contribution in [0.3, 0.4) is 0 Å². The van der Waals surface area contributed by atoms with Crippen molar-refractivity contribution in [1.29, 1.82) is 0 Å². The van der Waals surface area contributed by atoms with Gasteiger partial charge in [0.2, 0.25) is 5.91 Å². The number of hydrogen-bond acceptors (Lipinski definition) is 3. The quantitative estimate of drug-likeness (QED) is 0.878. The van der Waals surface area contributed by atoms with E-state index in [1.165, 1.54) is 0 Å². The summed E-state index contributed by atoms with van der Waals surface area (Å²) < 4.78 is 23.4. The highest BCUT2D eigenvalue weighted by Gasteiger charge is 2.15. The third-order valence-electron chi connectivity index (χ3n) is 3.09. The van der Waals surface area contributed by atoms with E-state index >= 15 is 0 Å². The molecule has 21 heavy (non-hydrogen) atoms. The maximum absolute atomic E-state index is 11.7. The largest absolute Gasteiger partial charge is 0.356 e. The minimum atomic E-state index is -3.14. The van der Waals surface area contributed by atoms with Gasteiger partial charge in [-0.05, 0) is 29.5 Å². The Morgan fingerprint density at radius 2 is 1.71 bits per heavy atom. The smallest absolute Gasteiger partial charge is 0.220 e. The molecule has 1 aromatic carbocycles. The van der Waals surface area contributed by atoms with Crippen LogP contribution in [-0.2, 0) is 21.1 Å². The molecule has 0 bridgehead atoms. The van der Waals surface area contributed by atoms with E-state index in [1.54, 1.807) is 31.2 Å². The third kappa shape index (κ3) is 6.29. The second-order valence-electron chi connectivity index (χ2n) is 6.38. The average Bonchev–Trinajstić information content (AvgIpc) is 2.37. The molecule has 4 nitrogen and oxygen atoms in total. The molecule has 0 saturated carbocycles. The third-order valence-corrected chi connectivity index (χ3v) is 4.84. The number of benzene rings is 1. The van der Waals surface area contributed by atoms with Gasteiger partial charge in [0.15, 0.2) is 9.84 Å². The minimum Gasteiger partial charge on any atom is -0.356 e. The zero-order valence-corrected chi connectivity index (χ0v) is 14.1. The van der Waals surface area contributed by atoms with E-state index in [-0.39, 0.29) is 17.1 Å². The summed E-state index contributed by atoms with van der Waals surface area (Å²) in [4.78, 5) is 12.0. The van der Waals surface area contributed by atoms with Crippen LogP contribution in [0.5, 0.6) is 0 Å². The van der Waals surface area contributed by atoms with Gasteiger partial charge in [0, 0.05) is 13.0 Å². The molecule has 118 valence electrons. The van der Waals surface area contributed by atoms with Crippen LogP contribution in [-0.4, -0.2) is 26.6 Å². The van der Waals surface area contributed by atoms with Crippen LogP contribution in [0.2, 0.25) is 0 Å². The molecule has 1 aromatic rings. The van der Waals surface area contributed by atoms with Crippen LogP contribution in [0.4, 0.5) is 0 Å². The van der Waals surface area contributed by atoms with Crippen molar-refractivity contribution in [3.05, 3.63) is 29.8 Å². The van der Waals surface area contributed by atoms with Crippen LogP contribution < -0.4 is 5.32 Å². The van der Waals surface area contributed by atoms with Crippen LogP contribution in [0.15, 0.2) is 29.2 Å². The predicted molar refractivity (Wildman–Crippen MR) is 85.0 cm³/mol. The molecule has 0 atom stereocenters. The second-order valence-corrected chi connectivity index (χ2v) is 8.66. The van der Waals surface area contributed by atoms with Crippen molar-refractivity contribution < 1.29 is 13.2 Å². The molecule has 0 unspecified atom stereocenters. The van der Waals surface area contributed by atoms with Gasteiger partial charge >= 0.3 is 0 Å². The fourth-order valence-corrected chi connectivity index (χ4v) is 2.80. The van der Waals surface area contributed by atoms with E-state index in [0.717, 1.165) is 5.56 Å². The summed E-state index contributed by atoms with van der Waals surface area (Å²) >= 11 is 0. The molecule has 0 spiro atoms. The van der Waals surface area contributed by atoms with Crippen molar-refractivity contribution in [2.75, 3.05) is 12.3 Å². The van der Waals surface area contributed by atoms with E-state index in [2.05, 4.69) is 5.32 Å². The highest BCUT2D eigenvalue weighted by atomic mass is 32.2. The summed E-state index contributed by atoms with van der Waals surface area (Å²) in [5.41, 5.74) is 1.00. The maximum Gasteiger partial charge on any atom is 0.220 e. The maximum atomic E-state index is 11.7. The predicted octanol–water partition coefficient (Wildman–Crippen LogP) is 2.58. The molecule has 0 saturated heterocycles. The van der Waals surface area contributed by atoms with Gasteiger partial charge in [-0.15, -0.1) is 0 Å². The summed E-state index contributed by atoms with van der Waals surface area (Å²) in [6, 6.07) is 6.87. The number of amides is 1. The van der Waals surface area contributed by atoms with Crippen molar-refractivity contribution in [2.45, 2.75) is 45.4 Å². The van der Waals surface area contributed by atoms with E-state index in [0.29, 0.717) is 24.3 Å². The fourth-order valence-electron chi connectivity index (χ4n) is 1.92. The van der Waals surface area contributed by atoms with Crippen LogP contribution in [0, 0.1) is 5.41 Å². The van der Waals surface area contributed by atoms with Crippen molar-refractivity contribution in [3.63, 3.8) is 0 Å². The number of sulfone groups is 1. The lowest BCUT2D eigenvalue weighted by molar-refractivity contribution is -0.122. The molecule has 0 heterocycles. The fraction of sp³-hybridized carbons (Fsp3) is 0.562. The first kappa shape index (κ1) is 17.7. The Kier molecular flexibility index (Phi) is 5.96. The molecular formula is C16H25NO3S. The first-order valence-corrected chi connectivity index (χ1v) is 8.88. The van der Waals surface area contributed by atoms with Gasteiger partial charge in [-0.2, -0.15) is 0 Å². The number of rotatable bonds is 6. The molecule has 0 fully saturated rings. The molecular weight excluding hydrogens is 286 g/mol. The zero-order chi connectivity index (χ0) is 16.1. The summed E-state index contributed by atoms with van der Waals surface area (Å²) in [5.74, 6) is 0.155. The summed E-state index contributed by atoms with van der Waals surface area (Å²) in [5, 5.41) is 2.89. The van der Waals surface area contributed by atoms with Crippen molar-refractivity contribution in [3.8, 4) is 0 Å². The Hall–Kier alpha value is -1.36. The first-order valence-electron chi connectivity index (χ1n) is 7.22. The van der Waals surface area contributed by atoms with E-state index < -0.39 is 9.84 Å². The van der Waals surface area contributed by atoms with Crippen LogP contribution in [0.1, 0.15) is 39.7 Å². The molecule has 0 aromatic heterocycles. The van der Waals surface area contributed by atoms with Crippen LogP contribution in [0.25, 0.3) is 0 Å². The highest BCUT2D eigenvalue weighted by molar-refractivity contribution is 7.91. The van der Waals surface area contributed by atoms with Gasteiger partial charge in [-0.25, -0.2) is 8.42 Å². The lowest BCUT2D eigenvalue weighted by Crippen LogP contribution is -2.29. The van der Waals surface area contributed by atoms with Crippen molar-refractivity contribution in [1.82, 2.24) is 5.32 Å². The number of carbonyl (C=O) groups excluding carboxylic acids is 1. The molecule has 5 heteroatoms. The highest BCUT2D eigenvalue weighted by Crippen LogP contribution is 2.17. The number of hydrogen-bond donors (Lipinski definition) is 1. The second kappa shape index (κ2) is 7.07. The lowest BCUT2D eigenvalue weighted by Gasteiger charge is -2.17. The van der Waals surface area contributed by atoms with E-state index in [4.69, 9.17) is 0 Å². The van der Waals surface area contributed by atoms with Crippen LogP contribution >= 0.6 is 0 Å². The average molecular weight is 311 g/mol. The normalized spacial score (nSPS) is 12.2. The van der Waals surface area contributed by atoms with Gasteiger partial charge in [-0.3, -0.25) is 4.79 Å². The Labute approximate surface area is 127 Å². The zero-order valence-electron chi connectivity index (χ0n) is 13.3. The topological polar surface area (TPSA) is 63.2 Å². The molecule has 1 amide bonds. The Morgan fingerprint density at radius 1 is 1.14 bits per heavy atom. The molecule has 1 N–H and O–H groups in total. The molecule has 1 rings (SSSR count). The molecule has 0 radical (unpaired) electrons. The number of carbonyl (C=O) groups is 1. The van der Waals surface area contributed by atoms with Gasteiger partial charge in [0.1, 0.15) is 0 Å². The van der Waals surface area contributed by atoms with Gasteiger partial charge in [0.05, 0.1) is 10.6 Å². The summed E-state index contributed by atoms with van der Waals surface area (Å²) in [6.07, 6.45) is 1.20. The Morgan fingerprint density at radius 3 is 2.19 bits per heavy atom. The SMILES string of the molecule is CCS(=O)(=O)c1ccc(CCNC(=O)CC(C)(C)C)cc1. The van der Waals surface area contributed by atoms with Crippen molar-refractivity contribution >= 4 is 15.7 Å². The molecule has 0 aliphatic rings. The van der Waals surface area contributed by atoms with Gasteiger partial charge in [0.25, 0.3) is 0 Å². The van der Waals surface area contributed by atoms with Gasteiger partial charge < -0.3 is 5.32 Å². The summed E-state index contributed by atoms with van der Waals surface area (Å²) in [6.45, 7) is 8.28. The van der Waals surface area contributed by atoms with Gasteiger partial charge in [-0.1, -0.05) is 39.8 Å². The standard InChI is InChI=1S/C16H25NO3S/c1-5-21(19,20)14-8-6-13(7-9-14)10-11-17-15(18)12-16(2,3)4/h6-9H,5,10-12H2,1-4H3,(H,17,18). The Balaban J connectivity index is 2.49. The molecule has 0 aliphatic carbocycles. The van der Waals surface area contributed by atoms with E-state index in [1.807, 2.05) is 20.8 Å². The monoisotopic (exact) mass is 311 g/mol.